The van der Waals surface area contributed by atoms with Crippen molar-refractivity contribution in [2.24, 2.45) is 5.92 Å². The molecule has 1 atom stereocenters. The zero-order valence-corrected chi connectivity index (χ0v) is 19.4. The summed E-state index contributed by atoms with van der Waals surface area (Å²) in [5, 5.41) is 0. The van der Waals surface area contributed by atoms with Crippen molar-refractivity contribution in [1.29, 1.82) is 0 Å². The van der Waals surface area contributed by atoms with Gasteiger partial charge in [0, 0.05) is 51.4 Å². The largest absolute Gasteiger partial charge is 0.347 e. The first-order valence-corrected chi connectivity index (χ1v) is 11.7. The molecular weight excluding hydrogens is 405 g/mol. The number of aromatic nitrogens is 2. The molecule has 0 radical (unpaired) electrons. The molecule has 0 aliphatic carbocycles. The smallest absolute Gasteiger partial charge is 0.236 e. The van der Waals surface area contributed by atoms with Crippen molar-refractivity contribution in [1.82, 2.24) is 19.8 Å². The molecule has 0 spiro atoms. The van der Waals surface area contributed by atoms with Gasteiger partial charge in [-0.3, -0.25) is 9.69 Å². The van der Waals surface area contributed by atoms with Gasteiger partial charge in [0.2, 0.25) is 11.9 Å². The minimum Gasteiger partial charge on any atom is -0.347 e. The highest BCUT2D eigenvalue weighted by molar-refractivity contribution is 5.78. The molecule has 2 aliphatic rings. The average Bonchev–Trinajstić information content (AvgIpc) is 2.79. The number of carbonyl (C=O) groups is 1. The van der Waals surface area contributed by atoms with Gasteiger partial charge in [-0.25, -0.2) is 14.4 Å². The molecule has 3 heterocycles. The Hall–Kier alpha value is -2.54. The van der Waals surface area contributed by atoms with Crippen LogP contribution in [0.15, 0.2) is 30.5 Å². The van der Waals surface area contributed by atoms with Gasteiger partial charge in [-0.05, 0) is 55.8 Å². The number of halogens is 1. The number of piperidine rings is 2. The Balaban J connectivity index is 1.54. The third kappa shape index (κ3) is 5.26. The first-order chi connectivity index (χ1) is 15.4. The standard InChI is InChI=1S/C25H34FN5O/c1-18-9-12-31(13-10-18)23(32)17-30-11-5-7-20(16-30)24-22(15-27-25(28-24)29(2)3)19-6-4-8-21(26)14-19/h4,6,8,14-15,18,20H,5,7,9-13,16-17H2,1-3H3. The average molecular weight is 440 g/mol. The van der Waals surface area contributed by atoms with Crippen molar-refractivity contribution in [3.63, 3.8) is 0 Å². The van der Waals surface area contributed by atoms with Crippen LogP contribution in [0.3, 0.4) is 0 Å². The monoisotopic (exact) mass is 439 g/mol. The van der Waals surface area contributed by atoms with E-state index in [1.807, 2.05) is 36.2 Å². The predicted molar refractivity (Wildman–Crippen MR) is 125 cm³/mol. The zero-order chi connectivity index (χ0) is 22.7. The Morgan fingerprint density at radius 1 is 1.19 bits per heavy atom. The lowest BCUT2D eigenvalue weighted by molar-refractivity contribution is -0.134. The van der Waals surface area contributed by atoms with Crippen LogP contribution in [0.5, 0.6) is 0 Å². The third-order valence-electron chi connectivity index (χ3n) is 6.73. The summed E-state index contributed by atoms with van der Waals surface area (Å²) in [5.41, 5.74) is 2.61. The number of likely N-dealkylation sites (tertiary alicyclic amines) is 2. The quantitative estimate of drug-likeness (QED) is 0.710. The minimum absolute atomic E-state index is 0.179. The summed E-state index contributed by atoms with van der Waals surface area (Å²) in [6.07, 6.45) is 6.02. The second kappa shape index (κ2) is 9.94. The topological polar surface area (TPSA) is 52.6 Å². The molecule has 0 saturated carbocycles. The molecule has 2 fully saturated rings. The number of anilines is 1. The second-order valence-electron chi connectivity index (χ2n) is 9.51. The van der Waals surface area contributed by atoms with Crippen molar-refractivity contribution in [3.8, 4) is 11.1 Å². The van der Waals surface area contributed by atoms with E-state index in [0.717, 1.165) is 68.7 Å². The van der Waals surface area contributed by atoms with E-state index in [4.69, 9.17) is 4.98 Å². The Morgan fingerprint density at radius 3 is 2.69 bits per heavy atom. The highest BCUT2D eigenvalue weighted by Crippen LogP contribution is 2.34. The zero-order valence-electron chi connectivity index (χ0n) is 19.4. The third-order valence-corrected chi connectivity index (χ3v) is 6.73. The van der Waals surface area contributed by atoms with Crippen LogP contribution in [0.25, 0.3) is 11.1 Å². The number of benzene rings is 1. The SMILES string of the molecule is CC1CCN(C(=O)CN2CCCC(c3nc(N(C)C)ncc3-c3cccc(F)c3)C2)CC1. The van der Waals surface area contributed by atoms with Gasteiger partial charge in [-0.2, -0.15) is 0 Å². The summed E-state index contributed by atoms with van der Waals surface area (Å²) in [4.78, 5) is 28.5. The molecule has 2 aromatic rings. The van der Waals surface area contributed by atoms with E-state index >= 15 is 0 Å². The molecule has 4 rings (SSSR count). The Bertz CT molecular complexity index is 942. The summed E-state index contributed by atoms with van der Waals surface area (Å²) < 4.78 is 13.9. The van der Waals surface area contributed by atoms with E-state index in [1.165, 1.54) is 6.07 Å². The molecule has 0 bridgehead atoms. The summed E-state index contributed by atoms with van der Waals surface area (Å²) in [6.45, 7) is 6.18. The van der Waals surface area contributed by atoms with Gasteiger partial charge in [-0.15, -0.1) is 0 Å². The Kier molecular flexibility index (Phi) is 7.04. The first-order valence-electron chi connectivity index (χ1n) is 11.7. The maximum absolute atomic E-state index is 13.9. The van der Waals surface area contributed by atoms with Gasteiger partial charge in [-0.1, -0.05) is 19.1 Å². The number of amides is 1. The van der Waals surface area contributed by atoms with E-state index in [1.54, 1.807) is 12.1 Å². The highest BCUT2D eigenvalue weighted by Gasteiger charge is 2.29. The molecule has 1 unspecified atom stereocenters. The maximum Gasteiger partial charge on any atom is 0.236 e. The molecule has 2 saturated heterocycles. The summed E-state index contributed by atoms with van der Waals surface area (Å²) in [7, 11) is 3.85. The Labute approximate surface area is 190 Å². The van der Waals surface area contributed by atoms with Crippen molar-refractivity contribution in [2.45, 2.75) is 38.5 Å². The van der Waals surface area contributed by atoms with Crippen LogP contribution >= 0.6 is 0 Å². The molecule has 32 heavy (non-hydrogen) atoms. The number of rotatable bonds is 5. The van der Waals surface area contributed by atoms with E-state index in [2.05, 4.69) is 16.8 Å². The fourth-order valence-corrected chi connectivity index (χ4v) is 4.76. The molecule has 172 valence electrons. The van der Waals surface area contributed by atoms with Crippen molar-refractivity contribution in [2.75, 3.05) is 51.7 Å². The van der Waals surface area contributed by atoms with Gasteiger partial charge < -0.3 is 9.80 Å². The minimum atomic E-state index is -0.267. The number of carbonyl (C=O) groups excluding carboxylic acids is 1. The molecular formula is C25H34FN5O. The van der Waals surface area contributed by atoms with E-state index in [0.29, 0.717) is 18.4 Å². The van der Waals surface area contributed by atoms with Gasteiger partial charge in [0.1, 0.15) is 5.82 Å². The van der Waals surface area contributed by atoms with Crippen LogP contribution in [0.4, 0.5) is 10.3 Å². The normalized spacial score (nSPS) is 20.4. The van der Waals surface area contributed by atoms with Crippen LogP contribution in [-0.4, -0.2) is 72.5 Å². The molecule has 6 nitrogen and oxygen atoms in total. The van der Waals surface area contributed by atoms with Crippen LogP contribution < -0.4 is 4.90 Å². The lowest BCUT2D eigenvalue weighted by Gasteiger charge is -2.36. The van der Waals surface area contributed by atoms with Crippen LogP contribution in [0, 0.1) is 11.7 Å². The van der Waals surface area contributed by atoms with E-state index in [9.17, 15) is 9.18 Å². The van der Waals surface area contributed by atoms with Crippen LogP contribution in [0.1, 0.15) is 44.2 Å². The fourth-order valence-electron chi connectivity index (χ4n) is 4.76. The summed E-state index contributed by atoms with van der Waals surface area (Å²) in [6, 6.07) is 6.62. The van der Waals surface area contributed by atoms with Gasteiger partial charge in [0.15, 0.2) is 0 Å². The van der Waals surface area contributed by atoms with Gasteiger partial charge >= 0.3 is 0 Å². The Morgan fingerprint density at radius 2 is 1.97 bits per heavy atom. The second-order valence-corrected chi connectivity index (χ2v) is 9.51. The van der Waals surface area contributed by atoms with E-state index < -0.39 is 0 Å². The van der Waals surface area contributed by atoms with Crippen molar-refractivity contribution >= 4 is 11.9 Å². The number of hydrogen-bond donors (Lipinski definition) is 0. The van der Waals surface area contributed by atoms with Gasteiger partial charge in [0.25, 0.3) is 0 Å². The van der Waals surface area contributed by atoms with E-state index in [-0.39, 0.29) is 17.6 Å². The summed E-state index contributed by atoms with van der Waals surface area (Å²) >= 11 is 0. The predicted octanol–water partition coefficient (Wildman–Crippen LogP) is 3.79. The molecule has 1 aromatic heterocycles. The first kappa shape index (κ1) is 22.6. The van der Waals surface area contributed by atoms with Crippen molar-refractivity contribution in [3.05, 3.63) is 42.0 Å². The molecule has 1 amide bonds. The number of nitrogens with zero attached hydrogens (tertiary/aromatic N) is 5. The number of hydrogen-bond acceptors (Lipinski definition) is 5. The molecule has 1 aromatic carbocycles. The molecule has 2 aliphatic heterocycles. The lowest BCUT2D eigenvalue weighted by atomic mass is 9.90. The molecule has 7 heteroatoms. The lowest BCUT2D eigenvalue weighted by Crippen LogP contribution is -2.46. The maximum atomic E-state index is 13.9. The van der Waals surface area contributed by atoms with Crippen LogP contribution in [-0.2, 0) is 4.79 Å². The highest BCUT2D eigenvalue weighted by atomic mass is 19.1. The van der Waals surface area contributed by atoms with Crippen molar-refractivity contribution < 1.29 is 9.18 Å². The van der Waals surface area contributed by atoms with Gasteiger partial charge in [0.05, 0.1) is 12.2 Å². The molecule has 0 N–H and O–H groups in total. The van der Waals surface area contributed by atoms with Crippen LogP contribution in [0.2, 0.25) is 0 Å². The fraction of sp³-hybridized carbons (Fsp3) is 0.560. The summed E-state index contributed by atoms with van der Waals surface area (Å²) in [5.74, 6) is 1.51.